The summed E-state index contributed by atoms with van der Waals surface area (Å²) in [6, 6.07) is 10.6. The van der Waals surface area contributed by atoms with Gasteiger partial charge in [-0.1, -0.05) is 35.9 Å². The van der Waals surface area contributed by atoms with E-state index in [2.05, 4.69) is 15.3 Å². The molecule has 0 fully saturated rings. The van der Waals surface area contributed by atoms with Gasteiger partial charge in [-0.25, -0.2) is 18.7 Å². The van der Waals surface area contributed by atoms with Crippen molar-refractivity contribution in [2.75, 3.05) is 5.32 Å². The second kappa shape index (κ2) is 9.37. The van der Waals surface area contributed by atoms with Gasteiger partial charge in [0.25, 0.3) is 0 Å². The second-order valence-electron chi connectivity index (χ2n) is 7.04. The molecule has 2 N–H and O–H groups in total. The van der Waals surface area contributed by atoms with E-state index < -0.39 is 17.5 Å². The summed E-state index contributed by atoms with van der Waals surface area (Å²) >= 11 is 0. The summed E-state index contributed by atoms with van der Waals surface area (Å²) in [6.07, 6.45) is 3.22. The highest BCUT2D eigenvalue weighted by molar-refractivity contribution is 5.93. The Labute approximate surface area is 173 Å². The summed E-state index contributed by atoms with van der Waals surface area (Å²) in [6.45, 7) is 3.76. The highest BCUT2D eigenvalue weighted by Gasteiger charge is 2.13. The zero-order valence-corrected chi connectivity index (χ0v) is 16.6. The Balaban J connectivity index is 1.84. The molecule has 1 heterocycles. The Morgan fingerprint density at radius 2 is 1.77 bits per heavy atom. The number of amides is 1. The molecule has 0 saturated carbocycles. The van der Waals surface area contributed by atoms with E-state index in [0.29, 0.717) is 17.0 Å². The van der Waals surface area contributed by atoms with Crippen molar-refractivity contribution in [2.24, 2.45) is 0 Å². The third kappa shape index (κ3) is 5.33. The summed E-state index contributed by atoms with van der Waals surface area (Å²) in [5.41, 5.74) is 4.03. The van der Waals surface area contributed by atoms with Crippen LogP contribution in [0, 0.1) is 11.6 Å². The van der Waals surface area contributed by atoms with Crippen LogP contribution in [0.15, 0.2) is 54.2 Å². The number of carbonyl (C=O) groups is 1. The molecule has 0 spiro atoms. The van der Waals surface area contributed by atoms with Crippen molar-refractivity contribution in [3.8, 4) is 11.3 Å². The molecule has 30 heavy (non-hydrogen) atoms. The number of hydrogen-bond donors (Lipinski definition) is 2. The molecule has 0 aliphatic rings. The fourth-order valence-electron chi connectivity index (χ4n) is 2.81. The molecule has 0 saturated heterocycles. The van der Waals surface area contributed by atoms with Crippen LogP contribution in [0.3, 0.4) is 0 Å². The number of nitrogens with one attached hydrogen (secondary N) is 1. The van der Waals surface area contributed by atoms with Crippen molar-refractivity contribution in [1.29, 1.82) is 0 Å². The summed E-state index contributed by atoms with van der Waals surface area (Å²) in [4.78, 5) is 21.3. The van der Waals surface area contributed by atoms with Crippen molar-refractivity contribution >= 4 is 17.8 Å². The number of halogens is 2. The summed E-state index contributed by atoms with van der Waals surface area (Å²) in [7, 11) is 0. The minimum absolute atomic E-state index is 0.0437. The minimum Gasteiger partial charge on any atom is -0.392 e. The Bertz CT molecular complexity index is 1090. The van der Waals surface area contributed by atoms with E-state index >= 15 is 0 Å². The molecule has 1 amide bonds. The number of carbonyl (C=O) groups excluding carboxylic acids is 1. The van der Waals surface area contributed by atoms with E-state index in [-0.39, 0.29) is 18.8 Å². The maximum atomic E-state index is 13.4. The van der Waals surface area contributed by atoms with E-state index in [1.54, 1.807) is 24.4 Å². The number of allylic oxidation sites excluding steroid dienone is 1. The van der Waals surface area contributed by atoms with Crippen molar-refractivity contribution in [1.82, 2.24) is 9.97 Å². The smallest absolute Gasteiger partial charge is 0.230 e. The Morgan fingerprint density at radius 1 is 1.07 bits per heavy atom. The second-order valence-corrected chi connectivity index (χ2v) is 7.04. The van der Waals surface area contributed by atoms with Gasteiger partial charge < -0.3 is 10.4 Å². The van der Waals surface area contributed by atoms with Gasteiger partial charge in [-0.05, 0) is 43.2 Å². The molecule has 0 aliphatic carbocycles. The average Bonchev–Trinajstić information content (AvgIpc) is 2.72. The van der Waals surface area contributed by atoms with Gasteiger partial charge in [-0.3, -0.25) is 4.79 Å². The number of rotatable bonds is 6. The molecule has 0 bridgehead atoms. The molecular weight excluding hydrogens is 388 g/mol. The lowest BCUT2D eigenvalue weighted by atomic mass is 10.1. The van der Waals surface area contributed by atoms with Crippen molar-refractivity contribution in [3.63, 3.8) is 0 Å². The minimum atomic E-state index is -0.998. The molecule has 3 rings (SSSR count). The van der Waals surface area contributed by atoms with Crippen LogP contribution < -0.4 is 5.32 Å². The number of aliphatic hydroxyl groups excluding tert-OH is 1. The molecule has 7 heteroatoms. The number of aliphatic hydroxyl groups is 1. The van der Waals surface area contributed by atoms with Gasteiger partial charge in [0.1, 0.15) is 5.69 Å². The first-order valence-electron chi connectivity index (χ1n) is 9.31. The molecule has 0 unspecified atom stereocenters. The first-order valence-corrected chi connectivity index (χ1v) is 9.31. The van der Waals surface area contributed by atoms with Gasteiger partial charge >= 0.3 is 0 Å². The quantitative estimate of drug-likeness (QED) is 0.628. The predicted octanol–water partition coefficient (Wildman–Crippen LogP) is 4.52. The fraction of sp³-hybridized carbons (Fsp3) is 0.174. The molecule has 2 aromatic carbocycles. The third-order valence-corrected chi connectivity index (χ3v) is 4.26. The highest BCUT2D eigenvalue weighted by Crippen LogP contribution is 2.22. The number of hydrogen-bond acceptors (Lipinski definition) is 4. The van der Waals surface area contributed by atoms with Gasteiger partial charge in [-0.15, -0.1) is 0 Å². The number of nitrogens with zero attached hydrogens (tertiary/aromatic N) is 2. The van der Waals surface area contributed by atoms with Crippen molar-refractivity contribution in [3.05, 3.63) is 82.7 Å². The van der Waals surface area contributed by atoms with Crippen molar-refractivity contribution in [2.45, 2.75) is 26.9 Å². The maximum Gasteiger partial charge on any atom is 0.230 e. The van der Waals surface area contributed by atoms with Crippen LogP contribution in [0.4, 0.5) is 14.6 Å². The van der Waals surface area contributed by atoms with E-state index in [4.69, 9.17) is 0 Å². The van der Waals surface area contributed by atoms with Crippen LogP contribution in [0.5, 0.6) is 0 Å². The van der Waals surface area contributed by atoms with Crippen LogP contribution >= 0.6 is 0 Å². The Hall–Kier alpha value is -3.45. The predicted molar refractivity (Wildman–Crippen MR) is 111 cm³/mol. The number of aromatic nitrogens is 2. The van der Waals surface area contributed by atoms with Crippen LogP contribution in [0.25, 0.3) is 17.3 Å². The van der Waals surface area contributed by atoms with E-state index in [1.165, 1.54) is 6.07 Å². The molecule has 0 aliphatic heterocycles. The number of anilines is 1. The Morgan fingerprint density at radius 3 is 2.40 bits per heavy atom. The third-order valence-electron chi connectivity index (χ3n) is 4.26. The largest absolute Gasteiger partial charge is 0.392 e. The van der Waals surface area contributed by atoms with Crippen LogP contribution in [0.2, 0.25) is 0 Å². The van der Waals surface area contributed by atoms with E-state index in [0.717, 1.165) is 28.8 Å². The van der Waals surface area contributed by atoms with Gasteiger partial charge in [0.05, 0.1) is 24.9 Å². The molecule has 5 nitrogen and oxygen atoms in total. The molecule has 0 radical (unpaired) electrons. The maximum absolute atomic E-state index is 13.4. The van der Waals surface area contributed by atoms with Gasteiger partial charge in [0.15, 0.2) is 17.5 Å². The van der Waals surface area contributed by atoms with Gasteiger partial charge in [-0.2, -0.15) is 0 Å². The van der Waals surface area contributed by atoms with Crippen LogP contribution in [-0.2, 0) is 17.8 Å². The summed E-state index contributed by atoms with van der Waals surface area (Å²) in [5.74, 6) is -2.10. The molecule has 0 atom stereocenters. The average molecular weight is 409 g/mol. The van der Waals surface area contributed by atoms with E-state index in [1.807, 2.05) is 26.0 Å². The standard InChI is InChI=1S/C23H21F2N3O2/c1-14(2)9-20-23(28-22(30)11-16-5-8-18(24)19(25)10-16)26-12-21(27-20)17-6-3-15(13-29)4-7-17/h3-10,12,29H,11,13H2,1-2H3,(H,26,28,30). The topological polar surface area (TPSA) is 75.1 Å². The lowest BCUT2D eigenvalue weighted by molar-refractivity contribution is -0.115. The first kappa shape index (κ1) is 21.3. The monoisotopic (exact) mass is 409 g/mol. The molecule has 3 aromatic rings. The van der Waals surface area contributed by atoms with Gasteiger partial charge in [0, 0.05) is 5.56 Å². The lowest BCUT2D eigenvalue weighted by Gasteiger charge is -2.10. The van der Waals surface area contributed by atoms with Crippen molar-refractivity contribution < 1.29 is 18.7 Å². The SMILES string of the molecule is CC(C)=Cc1nc(-c2ccc(CO)cc2)cnc1NC(=O)Cc1ccc(F)c(F)c1. The van der Waals surface area contributed by atoms with Gasteiger partial charge in [0.2, 0.25) is 5.91 Å². The molecule has 1 aromatic heterocycles. The fourth-order valence-corrected chi connectivity index (χ4v) is 2.81. The summed E-state index contributed by atoms with van der Waals surface area (Å²) < 4.78 is 26.4. The van der Waals surface area contributed by atoms with E-state index in [9.17, 15) is 18.7 Å². The van der Waals surface area contributed by atoms with Crippen LogP contribution in [-0.4, -0.2) is 21.0 Å². The zero-order valence-electron chi connectivity index (χ0n) is 16.6. The first-order chi connectivity index (χ1) is 14.4. The molecule has 154 valence electrons. The summed E-state index contributed by atoms with van der Waals surface area (Å²) in [5, 5.41) is 11.9. The lowest BCUT2D eigenvalue weighted by Crippen LogP contribution is -2.17. The zero-order chi connectivity index (χ0) is 21.7. The normalized spacial score (nSPS) is 10.6. The van der Waals surface area contributed by atoms with Crippen LogP contribution in [0.1, 0.15) is 30.7 Å². The number of benzene rings is 2. The molecular formula is C23H21F2N3O2. The Kier molecular flexibility index (Phi) is 6.64. The highest BCUT2D eigenvalue weighted by atomic mass is 19.2.